The van der Waals surface area contributed by atoms with Gasteiger partial charge in [0.15, 0.2) is 0 Å². The standard InChI is InChI=1S/C15H19F3N4O2/c1-10-7-19-4-2-11(10)3-5-20-14(24)21-12-6-13(23)22(8-12)9-15(16,17)18/h2,4,7,12H,3,5-6,8-9H2,1H3,(H2,20,21,24)/t12-/m0/s1. The van der Waals surface area contributed by atoms with E-state index >= 15 is 0 Å². The van der Waals surface area contributed by atoms with Crippen LogP contribution in [-0.4, -0.2) is 53.7 Å². The van der Waals surface area contributed by atoms with Crippen molar-refractivity contribution in [3.63, 3.8) is 0 Å². The normalized spacial score (nSPS) is 17.9. The van der Waals surface area contributed by atoms with Gasteiger partial charge in [-0.2, -0.15) is 13.2 Å². The van der Waals surface area contributed by atoms with Crippen LogP contribution in [0.1, 0.15) is 17.5 Å². The lowest BCUT2D eigenvalue weighted by Gasteiger charge is -2.18. The van der Waals surface area contributed by atoms with Crippen LogP contribution in [0.3, 0.4) is 0 Å². The maximum absolute atomic E-state index is 12.3. The van der Waals surface area contributed by atoms with Crippen LogP contribution < -0.4 is 10.6 Å². The lowest BCUT2D eigenvalue weighted by Crippen LogP contribution is -2.44. The molecule has 3 amide bonds. The van der Waals surface area contributed by atoms with Gasteiger partial charge in [0.25, 0.3) is 0 Å². The highest BCUT2D eigenvalue weighted by Crippen LogP contribution is 2.20. The Balaban J connectivity index is 1.73. The second-order valence-corrected chi connectivity index (χ2v) is 5.74. The summed E-state index contributed by atoms with van der Waals surface area (Å²) in [6.07, 6.45) is -0.537. The number of hydrogen-bond donors (Lipinski definition) is 2. The molecular weight excluding hydrogens is 325 g/mol. The number of alkyl halides is 3. The van der Waals surface area contributed by atoms with Crippen LogP contribution in [0.15, 0.2) is 18.5 Å². The van der Waals surface area contributed by atoms with Crippen molar-refractivity contribution in [1.82, 2.24) is 20.5 Å². The summed E-state index contributed by atoms with van der Waals surface area (Å²) in [6.45, 7) is 0.883. The predicted octanol–water partition coefficient (Wildman–Crippen LogP) is 1.39. The van der Waals surface area contributed by atoms with Gasteiger partial charge in [-0.3, -0.25) is 9.78 Å². The molecule has 1 aromatic heterocycles. The zero-order valence-corrected chi connectivity index (χ0v) is 13.2. The maximum Gasteiger partial charge on any atom is 0.406 e. The quantitative estimate of drug-likeness (QED) is 0.848. The van der Waals surface area contributed by atoms with Crippen molar-refractivity contribution in [1.29, 1.82) is 0 Å². The number of halogens is 3. The first-order valence-corrected chi connectivity index (χ1v) is 7.53. The highest BCUT2D eigenvalue weighted by Gasteiger charge is 2.38. The molecule has 1 aliphatic heterocycles. The van der Waals surface area contributed by atoms with Crippen molar-refractivity contribution in [2.24, 2.45) is 0 Å². The van der Waals surface area contributed by atoms with E-state index in [-0.39, 0.29) is 13.0 Å². The predicted molar refractivity (Wildman–Crippen MR) is 80.3 cm³/mol. The Morgan fingerprint density at radius 1 is 1.46 bits per heavy atom. The molecule has 1 saturated heterocycles. The molecule has 2 heterocycles. The zero-order chi connectivity index (χ0) is 17.7. The number of pyridine rings is 1. The van der Waals surface area contributed by atoms with E-state index in [1.54, 1.807) is 12.4 Å². The molecule has 24 heavy (non-hydrogen) atoms. The smallest absolute Gasteiger partial charge is 0.338 e. The number of nitrogens with zero attached hydrogens (tertiary/aromatic N) is 2. The Hall–Kier alpha value is -2.32. The van der Waals surface area contributed by atoms with Crippen LogP contribution in [0.2, 0.25) is 0 Å². The maximum atomic E-state index is 12.3. The Labute approximate surface area is 137 Å². The number of amides is 3. The molecule has 1 aliphatic rings. The van der Waals surface area contributed by atoms with Gasteiger partial charge in [-0.15, -0.1) is 0 Å². The van der Waals surface area contributed by atoms with Crippen LogP contribution in [0.25, 0.3) is 0 Å². The SMILES string of the molecule is Cc1cnccc1CCNC(=O)N[C@H]1CC(=O)N(CC(F)(F)F)C1. The van der Waals surface area contributed by atoms with Crippen LogP contribution in [0.4, 0.5) is 18.0 Å². The number of hydrogen-bond acceptors (Lipinski definition) is 3. The topological polar surface area (TPSA) is 74.3 Å². The van der Waals surface area contributed by atoms with Crippen molar-refractivity contribution in [3.8, 4) is 0 Å². The van der Waals surface area contributed by atoms with Gasteiger partial charge < -0.3 is 15.5 Å². The second kappa shape index (κ2) is 7.50. The van der Waals surface area contributed by atoms with E-state index in [9.17, 15) is 22.8 Å². The number of likely N-dealkylation sites (tertiary alicyclic amines) is 1. The molecule has 1 aromatic rings. The summed E-state index contributed by atoms with van der Waals surface area (Å²) in [7, 11) is 0. The molecule has 1 atom stereocenters. The first kappa shape index (κ1) is 18.0. The molecule has 0 aromatic carbocycles. The van der Waals surface area contributed by atoms with E-state index in [0.29, 0.717) is 17.9 Å². The highest BCUT2D eigenvalue weighted by atomic mass is 19.4. The van der Waals surface area contributed by atoms with Crippen LogP contribution in [0.5, 0.6) is 0 Å². The fraction of sp³-hybridized carbons (Fsp3) is 0.533. The van der Waals surface area contributed by atoms with Gasteiger partial charge in [0.1, 0.15) is 6.54 Å². The number of nitrogens with one attached hydrogen (secondary N) is 2. The molecule has 2 N–H and O–H groups in total. The van der Waals surface area contributed by atoms with E-state index in [1.165, 1.54) is 0 Å². The number of urea groups is 1. The average molecular weight is 344 g/mol. The number of aryl methyl sites for hydroxylation is 1. The molecule has 0 aliphatic carbocycles. The number of carbonyl (C=O) groups is 2. The van der Waals surface area contributed by atoms with Crippen molar-refractivity contribution < 1.29 is 22.8 Å². The minimum atomic E-state index is -4.44. The van der Waals surface area contributed by atoms with Gasteiger partial charge in [-0.05, 0) is 30.5 Å². The molecular formula is C15H19F3N4O2. The molecule has 132 valence electrons. The summed E-state index contributed by atoms with van der Waals surface area (Å²) >= 11 is 0. The van der Waals surface area contributed by atoms with Gasteiger partial charge in [0, 0.05) is 31.9 Å². The highest BCUT2D eigenvalue weighted by molar-refractivity contribution is 5.81. The third-order valence-corrected chi connectivity index (χ3v) is 3.74. The van der Waals surface area contributed by atoms with Crippen molar-refractivity contribution in [3.05, 3.63) is 29.6 Å². The Bertz CT molecular complexity index is 607. The summed E-state index contributed by atoms with van der Waals surface area (Å²) in [5, 5.41) is 5.17. The fourth-order valence-corrected chi connectivity index (χ4v) is 2.57. The summed E-state index contributed by atoms with van der Waals surface area (Å²) in [5.74, 6) is -0.606. The van der Waals surface area contributed by atoms with E-state index in [2.05, 4.69) is 15.6 Å². The van der Waals surface area contributed by atoms with Crippen LogP contribution in [-0.2, 0) is 11.2 Å². The zero-order valence-electron chi connectivity index (χ0n) is 13.2. The minimum Gasteiger partial charge on any atom is -0.338 e. The van der Waals surface area contributed by atoms with Crippen molar-refractivity contribution >= 4 is 11.9 Å². The van der Waals surface area contributed by atoms with E-state index in [1.807, 2.05) is 13.0 Å². The second-order valence-electron chi connectivity index (χ2n) is 5.74. The number of aromatic nitrogens is 1. The lowest BCUT2D eigenvalue weighted by atomic mass is 10.1. The first-order chi connectivity index (χ1) is 11.2. The number of carbonyl (C=O) groups excluding carboxylic acids is 2. The molecule has 1 fully saturated rings. The van der Waals surface area contributed by atoms with Crippen molar-refractivity contribution in [2.75, 3.05) is 19.6 Å². The summed E-state index contributed by atoms with van der Waals surface area (Å²) in [5.41, 5.74) is 2.07. The molecule has 9 heteroatoms. The summed E-state index contributed by atoms with van der Waals surface area (Å²) in [4.78, 5) is 28.0. The molecule has 0 unspecified atom stereocenters. The fourth-order valence-electron chi connectivity index (χ4n) is 2.57. The number of rotatable bonds is 5. The van der Waals surface area contributed by atoms with E-state index in [0.717, 1.165) is 11.1 Å². The third kappa shape index (κ3) is 5.39. The molecule has 6 nitrogen and oxygen atoms in total. The monoisotopic (exact) mass is 344 g/mol. The molecule has 0 saturated carbocycles. The molecule has 0 bridgehead atoms. The van der Waals surface area contributed by atoms with Crippen molar-refractivity contribution in [2.45, 2.75) is 32.0 Å². The molecule has 0 spiro atoms. The van der Waals surface area contributed by atoms with E-state index < -0.39 is 30.7 Å². The summed E-state index contributed by atoms with van der Waals surface area (Å²) in [6, 6.07) is 0.760. The van der Waals surface area contributed by atoms with Gasteiger partial charge in [0.2, 0.25) is 5.91 Å². The minimum absolute atomic E-state index is 0.118. The van der Waals surface area contributed by atoms with Gasteiger partial charge in [0.05, 0.1) is 6.04 Å². The third-order valence-electron chi connectivity index (χ3n) is 3.74. The van der Waals surface area contributed by atoms with E-state index in [4.69, 9.17) is 0 Å². The molecule has 2 rings (SSSR count). The van der Waals surface area contributed by atoms with Gasteiger partial charge in [-0.25, -0.2) is 4.79 Å². The summed E-state index contributed by atoms with van der Waals surface area (Å²) < 4.78 is 37.0. The van der Waals surface area contributed by atoms with Crippen LogP contribution in [0, 0.1) is 6.92 Å². The molecule has 0 radical (unpaired) electrons. The van der Waals surface area contributed by atoms with Gasteiger partial charge in [-0.1, -0.05) is 0 Å². The lowest BCUT2D eigenvalue weighted by molar-refractivity contribution is -0.157. The van der Waals surface area contributed by atoms with Gasteiger partial charge >= 0.3 is 12.2 Å². The Morgan fingerprint density at radius 3 is 2.88 bits per heavy atom. The Morgan fingerprint density at radius 2 is 2.21 bits per heavy atom. The first-order valence-electron chi connectivity index (χ1n) is 7.53. The van der Waals surface area contributed by atoms with Crippen LogP contribution >= 0.6 is 0 Å². The Kier molecular flexibility index (Phi) is 5.63. The largest absolute Gasteiger partial charge is 0.406 e. The average Bonchev–Trinajstić information content (AvgIpc) is 2.78.